The summed E-state index contributed by atoms with van der Waals surface area (Å²) in [4.78, 5) is 13.8. The molecule has 14 heavy (non-hydrogen) atoms. The van der Waals surface area contributed by atoms with Gasteiger partial charge in [-0.25, -0.2) is 0 Å². The molecule has 0 rings (SSSR count). The van der Waals surface area contributed by atoms with Crippen LogP contribution in [0.3, 0.4) is 0 Å². The first kappa shape index (κ1) is 13.2. The minimum Gasteiger partial charge on any atom is -0.337 e. The molecule has 0 fully saturated rings. The van der Waals surface area contributed by atoms with Gasteiger partial charge in [-0.2, -0.15) is 0 Å². The van der Waals surface area contributed by atoms with E-state index in [2.05, 4.69) is 11.9 Å². The summed E-state index contributed by atoms with van der Waals surface area (Å²) in [5, 5.41) is 3.01. The molecule has 0 atom stereocenters. The Morgan fingerprint density at radius 3 is 2.29 bits per heavy atom. The number of rotatable bonds is 5. The number of carbonyl (C=O) groups excluding carboxylic acids is 1. The van der Waals surface area contributed by atoms with Gasteiger partial charge in [0, 0.05) is 13.1 Å². The van der Waals surface area contributed by atoms with Crippen LogP contribution in [0.15, 0.2) is 12.2 Å². The number of carbonyl (C=O) groups is 1. The average molecular weight is 198 g/mol. The van der Waals surface area contributed by atoms with Crippen LogP contribution in [0.4, 0.5) is 0 Å². The molecule has 3 nitrogen and oxygen atoms in total. The van der Waals surface area contributed by atoms with Gasteiger partial charge >= 0.3 is 0 Å². The number of hydrogen-bond acceptors (Lipinski definition) is 2. The van der Waals surface area contributed by atoms with Crippen LogP contribution in [0.1, 0.15) is 27.7 Å². The van der Waals surface area contributed by atoms with Crippen molar-refractivity contribution >= 4 is 5.91 Å². The number of nitrogens with one attached hydrogen (secondary N) is 1. The summed E-state index contributed by atoms with van der Waals surface area (Å²) >= 11 is 0. The second-order valence-corrected chi connectivity index (χ2v) is 4.15. The molecule has 0 aromatic carbocycles. The first-order chi connectivity index (χ1) is 6.35. The number of nitrogens with zero attached hydrogens (tertiary/aromatic N) is 1. The lowest BCUT2D eigenvalue weighted by atomic mass is 10.0. The van der Waals surface area contributed by atoms with E-state index < -0.39 is 5.54 Å². The van der Waals surface area contributed by atoms with Crippen LogP contribution < -0.4 is 5.32 Å². The maximum atomic E-state index is 12.0. The van der Waals surface area contributed by atoms with Gasteiger partial charge in [-0.15, -0.1) is 0 Å². The first-order valence-corrected chi connectivity index (χ1v) is 4.97. The van der Waals surface area contributed by atoms with Crippen LogP contribution in [-0.4, -0.2) is 36.5 Å². The van der Waals surface area contributed by atoms with Crippen molar-refractivity contribution in [2.75, 3.05) is 20.1 Å². The maximum Gasteiger partial charge on any atom is 0.242 e. The average Bonchev–Trinajstić information content (AvgIpc) is 2.12. The van der Waals surface area contributed by atoms with Crippen LogP contribution >= 0.6 is 0 Å². The fraction of sp³-hybridized carbons (Fsp3) is 0.727. The van der Waals surface area contributed by atoms with E-state index >= 15 is 0 Å². The molecule has 0 aliphatic rings. The molecule has 0 aliphatic heterocycles. The van der Waals surface area contributed by atoms with E-state index in [1.165, 1.54) is 0 Å². The zero-order chi connectivity index (χ0) is 11.4. The topological polar surface area (TPSA) is 32.3 Å². The van der Waals surface area contributed by atoms with Gasteiger partial charge in [-0.3, -0.25) is 4.79 Å². The summed E-state index contributed by atoms with van der Waals surface area (Å²) in [5.74, 6) is 0.116. The maximum absolute atomic E-state index is 12.0. The lowest BCUT2D eigenvalue weighted by Gasteiger charge is -2.31. The molecule has 0 aromatic heterocycles. The number of amides is 1. The molecule has 0 unspecified atom stereocenters. The normalized spacial score (nSPS) is 11.2. The van der Waals surface area contributed by atoms with Gasteiger partial charge in [0.15, 0.2) is 0 Å². The standard InChI is InChI=1S/C11H22N2O/c1-7-13(8-9(2)3)10(14)11(4,5)12-6/h12H,2,7-8H2,1,3-6H3. The third kappa shape index (κ3) is 3.50. The number of hydrogen-bond donors (Lipinski definition) is 1. The van der Waals surface area contributed by atoms with Gasteiger partial charge in [-0.05, 0) is 34.7 Å². The van der Waals surface area contributed by atoms with Gasteiger partial charge in [0.05, 0.1) is 5.54 Å². The molecule has 0 saturated carbocycles. The quantitative estimate of drug-likeness (QED) is 0.677. The third-order valence-electron chi connectivity index (χ3n) is 2.29. The van der Waals surface area contributed by atoms with Gasteiger partial charge in [0.1, 0.15) is 0 Å². The molecule has 0 heterocycles. The SMILES string of the molecule is C=C(C)CN(CC)C(=O)C(C)(C)NC. The highest BCUT2D eigenvalue weighted by Crippen LogP contribution is 2.08. The summed E-state index contributed by atoms with van der Waals surface area (Å²) in [6, 6.07) is 0. The van der Waals surface area contributed by atoms with Gasteiger partial charge in [-0.1, -0.05) is 12.2 Å². The smallest absolute Gasteiger partial charge is 0.242 e. The Kier molecular flexibility index (Phi) is 4.85. The molecule has 1 N–H and O–H groups in total. The summed E-state index contributed by atoms with van der Waals surface area (Å²) in [6.07, 6.45) is 0. The predicted molar refractivity (Wildman–Crippen MR) is 60.2 cm³/mol. The molecule has 0 bridgehead atoms. The molecular formula is C11H22N2O. The van der Waals surface area contributed by atoms with Crippen molar-refractivity contribution in [2.45, 2.75) is 33.2 Å². The van der Waals surface area contributed by atoms with Crippen molar-refractivity contribution in [2.24, 2.45) is 0 Å². The van der Waals surface area contributed by atoms with E-state index in [0.29, 0.717) is 6.54 Å². The van der Waals surface area contributed by atoms with Crippen LogP contribution in [0, 0.1) is 0 Å². The Morgan fingerprint density at radius 2 is 2.00 bits per heavy atom. The van der Waals surface area contributed by atoms with Crippen molar-refractivity contribution in [1.82, 2.24) is 10.2 Å². The van der Waals surface area contributed by atoms with E-state index in [4.69, 9.17) is 0 Å². The summed E-state index contributed by atoms with van der Waals surface area (Å²) < 4.78 is 0. The van der Waals surface area contributed by atoms with Crippen LogP contribution in [-0.2, 0) is 4.79 Å². The van der Waals surface area contributed by atoms with Crippen molar-refractivity contribution in [3.05, 3.63) is 12.2 Å². The van der Waals surface area contributed by atoms with Crippen molar-refractivity contribution in [1.29, 1.82) is 0 Å². The molecule has 0 spiro atoms. The Balaban J connectivity index is 4.54. The second-order valence-electron chi connectivity index (χ2n) is 4.15. The van der Waals surface area contributed by atoms with E-state index in [1.807, 2.05) is 27.7 Å². The van der Waals surface area contributed by atoms with E-state index in [9.17, 15) is 4.79 Å². The summed E-state index contributed by atoms with van der Waals surface area (Å²) in [6.45, 7) is 12.9. The van der Waals surface area contributed by atoms with E-state index in [-0.39, 0.29) is 5.91 Å². The van der Waals surface area contributed by atoms with Gasteiger partial charge in [0.25, 0.3) is 0 Å². The van der Waals surface area contributed by atoms with Crippen LogP contribution in [0.2, 0.25) is 0 Å². The Morgan fingerprint density at radius 1 is 1.50 bits per heavy atom. The number of likely N-dealkylation sites (N-methyl/N-ethyl adjacent to an activating group) is 2. The van der Waals surface area contributed by atoms with Crippen molar-refractivity contribution < 1.29 is 4.79 Å². The lowest BCUT2D eigenvalue weighted by molar-refractivity contribution is -0.136. The molecular weight excluding hydrogens is 176 g/mol. The molecule has 0 aliphatic carbocycles. The molecule has 3 heteroatoms. The van der Waals surface area contributed by atoms with Gasteiger partial charge < -0.3 is 10.2 Å². The highest BCUT2D eigenvalue weighted by Gasteiger charge is 2.29. The van der Waals surface area contributed by atoms with Gasteiger partial charge in [0.2, 0.25) is 5.91 Å². The fourth-order valence-electron chi connectivity index (χ4n) is 1.16. The minimum atomic E-state index is -0.495. The zero-order valence-corrected chi connectivity index (χ0v) is 9.98. The van der Waals surface area contributed by atoms with E-state index in [1.54, 1.807) is 11.9 Å². The predicted octanol–water partition coefficient (Wildman–Crippen LogP) is 1.41. The van der Waals surface area contributed by atoms with Crippen LogP contribution in [0.5, 0.6) is 0 Å². The minimum absolute atomic E-state index is 0.116. The third-order valence-corrected chi connectivity index (χ3v) is 2.29. The highest BCUT2D eigenvalue weighted by atomic mass is 16.2. The summed E-state index contributed by atoms with van der Waals surface area (Å²) in [7, 11) is 1.80. The molecule has 0 saturated heterocycles. The summed E-state index contributed by atoms with van der Waals surface area (Å²) in [5.41, 5.74) is 0.512. The largest absolute Gasteiger partial charge is 0.337 e. The molecule has 0 aromatic rings. The Bertz CT molecular complexity index is 221. The van der Waals surface area contributed by atoms with E-state index in [0.717, 1.165) is 12.1 Å². The van der Waals surface area contributed by atoms with Crippen molar-refractivity contribution in [3.8, 4) is 0 Å². The lowest BCUT2D eigenvalue weighted by Crippen LogP contribution is -2.53. The molecule has 0 radical (unpaired) electrons. The van der Waals surface area contributed by atoms with Crippen molar-refractivity contribution in [3.63, 3.8) is 0 Å². The fourth-order valence-corrected chi connectivity index (χ4v) is 1.16. The molecule has 1 amide bonds. The zero-order valence-electron chi connectivity index (χ0n) is 9.98. The Hall–Kier alpha value is -0.830. The second kappa shape index (κ2) is 5.15. The monoisotopic (exact) mass is 198 g/mol. The highest BCUT2D eigenvalue weighted by molar-refractivity contribution is 5.85. The first-order valence-electron chi connectivity index (χ1n) is 4.97. The van der Waals surface area contributed by atoms with Crippen LogP contribution in [0.25, 0.3) is 0 Å². The molecule has 82 valence electrons. The Labute approximate surface area is 87.2 Å².